The van der Waals surface area contributed by atoms with Crippen LogP contribution >= 0.6 is 0 Å². The predicted molar refractivity (Wildman–Crippen MR) is 76.4 cm³/mol. The minimum Gasteiger partial charge on any atom is -0.478 e. The Morgan fingerprint density at radius 2 is 2.00 bits per heavy atom. The van der Waals surface area contributed by atoms with E-state index in [-0.39, 0.29) is 11.3 Å². The quantitative estimate of drug-likeness (QED) is 0.669. The van der Waals surface area contributed by atoms with Gasteiger partial charge in [0.1, 0.15) is 5.69 Å². The lowest BCUT2D eigenvalue weighted by molar-refractivity contribution is -0.384. The van der Waals surface area contributed by atoms with Crippen molar-refractivity contribution in [2.45, 2.75) is 6.54 Å². The molecule has 7 heteroatoms. The smallest absolute Gasteiger partial charge is 0.335 e. The van der Waals surface area contributed by atoms with Gasteiger partial charge in [-0.05, 0) is 29.8 Å². The molecule has 0 saturated heterocycles. The van der Waals surface area contributed by atoms with Gasteiger partial charge in [-0.3, -0.25) is 15.1 Å². The highest BCUT2D eigenvalue weighted by atomic mass is 16.6. The average molecular weight is 287 g/mol. The first-order valence-corrected chi connectivity index (χ1v) is 6.11. The van der Waals surface area contributed by atoms with Gasteiger partial charge in [-0.2, -0.15) is 0 Å². The third-order valence-corrected chi connectivity index (χ3v) is 3.00. The molecule has 2 rings (SSSR count). The summed E-state index contributed by atoms with van der Waals surface area (Å²) in [4.78, 5) is 27.1. The Morgan fingerprint density at radius 3 is 2.57 bits per heavy atom. The zero-order valence-electron chi connectivity index (χ0n) is 11.3. The maximum Gasteiger partial charge on any atom is 0.335 e. The van der Waals surface area contributed by atoms with Crippen LogP contribution in [-0.4, -0.2) is 28.0 Å². The lowest BCUT2D eigenvalue weighted by Gasteiger charge is -2.19. The van der Waals surface area contributed by atoms with Crippen LogP contribution in [0.4, 0.5) is 11.4 Å². The maximum absolute atomic E-state index is 11.1. The molecular weight excluding hydrogens is 274 g/mol. The second kappa shape index (κ2) is 6.00. The molecule has 0 unspecified atom stereocenters. The van der Waals surface area contributed by atoms with Crippen molar-refractivity contribution >= 4 is 17.3 Å². The number of nitro benzene ring substituents is 1. The highest BCUT2D eigenvalue weighted by Gasteiger charge is 2.20. The molecule has 0 fully saturated rings. The Hall–Kier alpha value is -2.96. The number of benzene rings is 1. The van der Waals surface area contributed by atoms with Crippen LogP contribution in [0, 0.1) is 10.1 Å². The van der Waals surface area contributed by atoms with E-state index in [9.17, 15) is 14.9 Å². The summed E-state index contributed by atoms with van der Waals surface area (Å²) in [7, 11) is 1.71. The fourth-order valence-electron chi connectivity index (χ4n) is 1.97. The standard InChI is InChI=1S/C14H13N3O4/c1-16(9-10-4-6-15-7-5-10)12-3-2-11(14(18)19)8-13(12)17(20)21/h2-8H,9H2,1H3,(H,18,19). The zero-order valence-corrected chi connectivity index (χ0v) is 11.3. The molecule has 0 aliphatic rings. The summed E-state index contributed by atoms with van der Waals surface area (Å²) in [5, 5.41) is 20.0. The first kappa shape index (κ1) is 14.4. The molecule has 0 radical (unpaired) electrons. The van der Waals surface area contributed by atoms with Crippen LogP contribution in [0.5, 0.6) is 0 Å². The highest BCUT2D eigenvalue weighted by molar-refractivity contribution is 5.89. The average Bonchev–Trinajstić information content (AvgIpc) is 2.47. The molecule has 0 atom stereocenters. The van der Waals surface area contributed by atoms with Crippen molar-refractivity contribution in [3.05, 3.63) is 64.0 Å². The second-order valence-corrected chi connectivity index (χ2v) is 4.48. The fraction of sp³-hybridized carbons (Fsp3) is 0.143. The van der Waals surface area contributed by atoms with Gasteiger partial charge in [-0.25, -0.2) is 4.79 Å². The van der Waals surface area contributed by atoms with Gasteiger partial charge in [-0.15, -0.1) is 0 Å². The number of anilines is 1. The van der Waals surface area contributed by atoms with Crippen LogP contribution in [0.3, 0.4) is 0 Å². The van der Waals surface area contributed by atoms with E-state index in [1.807, 2.05) is 12.1 Å². The Bertz CT molecular complexity index is 673. The first-order chi connectivity index (χ1) is 9.99. The topological polar surface area (TPSA) is 96.6 Å². The molecule has 0 aliphatic carbocycles. The molecule has 1 N–H and O–H groups in total. The molecule has 7 nitrogen and oxygen atoms in total. The minimum atomic E-state index is -1.19. The Morgan fingerprint density at radius 1 is 1.33 bits per heavy atom. The normalized spacial score (nSPS) is 10.1. The van der Waals surface area contributed by atoms with E-state index < -0.39 is 10.9 Å². The van der Waals surface area contributed by atoms with Crippen molar-refractivity contribution in [1.29, 1.82) is 0 Å². The largest absolute Gasteiger partial charge is 0.478 e. The van der Waals surface area contributed by atoms with Crippen LogP contribution in [0.15, 0.2) is 42.7 Å². The summed E-state index contributed by atoms with van der Waals surface area (Å²) in [6, 6.07) is 7.50. The van der Waals surface area contributed by atoms with E-state index in [0.717, 1.165) is 11.6 Å². The molecule has 1 heterocycles. The monoisotopic (exact) mass is 287 g/mol. The van der Waals surface area contributed by atoms with Crippen LogP contribution in [0.2, 0.25) is 0 Å². The summed E-state index contributed by atoms with van der Waals surface area (Å²) in [5.74, 6) is -1.19. The number of carbonyl (C=O) groups is 1. The molecule has 0 aliphatic heterocycles. The zero-order chi connectivity index (χ0) is 15.4. The number of hydrogen-bond acceptors (Lipinski definition) is 5. The fourth-order valence-corrected chi connectivity index (χ4v) is 1.97. The van der Waals surface area contributed by atoms with Crippen LogP contribution in [-0.2, 0) is 6.54 Å². The van der Waals surface area contributed by atoms with Gasteiger partial charge < -0.3 is 10.0 Å². The molecule has 108 valence electrons. The maximum atomic E-state index is 11.1. The molecular formula is C14H13N3O4. The first-order valence-electron chi connectivity index (χ1n) is 6.11. The number of pyridine rings is 1. The SMILES string of the molecule is CN(Cc1ccncc1)c1ccc(C(=O)O)cc1[N+](=O)[O-]. The van der Waals surface area contributed by atoms with Crippen molar-refractivity contribution in [3.63, 3.8) is 0 Å². The van der Waals surface area contributed by atoms with E-state index in [4.69, 9.17) is 5.11 Å². The summed E-state index contributed by atoms with van der Waals surface area (Å²) in [6.07, 6.45) is 3.29. The summed E-state index contributed by atoms with van der Waals surface area (Å²) >= 11 is 0. The van der Waals surface area contributed by atoms with E-state index in [1.54, 1.807) is 24.3 Å². The predicted octanol–water partition coefficient (Wildman–Crippen LogP) is 2.32. The molecule has 1 aromatic heterocycles. The molecule has 2 aromatic rings. The third kappa shape index (κ3) is 3.33. The number of carboxylic acid groups (broad SMARTS) is 1. The lowest BCUT2D eigenvalue weighted by atomic mass is 10.1. The highest BCUT2D eigenvalue weighted by Crippen LogP contribution is 2.29. The lowest BCUT2D eigenvalue weighted by Crippen LogP contribution is -2.18. The molecule has 0 saturated carbocycles. The summed E-state index contributed by atoms with van der Waals surface area (Å²) < 4.78 is 0. The Kier molecular flexibility index (Phi) is 4.13. The van der Waals surface area contributed by atoms with Gasteiger partial charge in [-0.1, -0.05) is 0 Å². The molecule has 0 spiro atoms. The number of aromatic nitrogens is 1. The van der Waals surface area contributed by atoms with Crippen molar-refractivity contribution in [3.8, 4) is 0 Å². The van der Waals surface area contributed by atoms with Crippen molar-refractivity contribution in [1.82, 2.24) is 4.98 Å². The van der Waals surface area contributed by atoms with E-state index >= 15 is 0 Å². The van der Waals surface area contributed by atoms with Crippen molar-refractivity contribution < 1.29 is 14.8 Å². The number of rotatable bonds is 5. The van der Waals surface area contributed by atoms with Gasteiger partial charge in [0.15, 0.2) is 0 Å². The number of carboxylic acids is 1. The van der Waals surface area contributed by atoms with Gasteiger partial charge >= 0.3 is 5.97 Å². The van der Waals surface area contributed by atoms with E-state index in [0.29, 0.717) is 12.2 Å². The van der Waals surface area contributed by atoms with Crippen LogP contribution in [0.1, 0.15) is 15.9 Å². The Balaban J connectivity index is 2.34. The third-order valence-electron chi connectivity index (χ3n) is 3.00. The Labute approximate surface area is 120 Å². The van der Waals surface area contributed by atoms with E-state index in [1.165, 1.54) is 12.1 Å². The van der Waals surface area contributed by atoms with Crippen molar-refractivity contribution in [2.24, 2.45) is 0 Å². The summed E-state index contributed by atoms with van der Waals surface area (Å²) in [6.45, 7) is 0.454. The van der Waals surface area contributed by atoms with Gasteiger partial charge in [0.25, 0.3) is 5.69 Å². The molecule has 21 heavy (non-hydrogen) atoms. The van der Waals surface area contributed by atoms with Gasteiger partial charge in [0, 0.05) is 32.1 Å². The summed E-state index contributed by atoms with van der Waals surface area (Å²) in [5.41, 5.74) is 0.972. The van der Waals surface area contributed by atoms with Crippen LogP contribution in [0.25, 0.3) is 0 Å². The van der Waals surface area contributed by atoms with E-state index in [2.05, 4.69) is 4.98 Å². The number of hydrogen-bond donors (Lipinski definition) is 1. The molecule has 1 aromatic carbocycles. The van der Waals surface area contributed by atoms with Gasteiger partial charge in [0.05, 0.1) is 10.5 Å². The molecule has 0 amide bonds. The van der Waals surface area contributed by atoms with Crippen molar-refractivity contribution in [2.75, 3.05) is 11.9 Å². The number of nitro groups is 1. The molecule has 0 bridgehead atoms. The second-order valence-electron chi connectivity index (χ2n) is 4.48. The minimum absolute atomic E-state index is 0.109. The van der Waals surface area contributed by atoms with Crippen LogP contribution < -0.4 is 4.90 Å². The number of nitrogens with zero attached hydrogens (tertiary/aromatic N) is 3. The number of aromatic carboxylic acids is 1. The van der Waals surface area contributed by atoms with Gasteiger partial charge in [0.2, 0.25) is 0 Å².